The van der Waals surface area contributed by atoms with Gasteiger partial charge in [0.15, 0.2) is 11.3 Å². The predicted molar refractivity (Wildman–Crippen MR) is 128 cm³/mol. The molecule has 0 spiro atoms. The van der Waals surface area contributed by atoms with Gasteiger partial charge in [-0.05, 0) is 75.1 Å². The average molecular weight is 465 g/mol. The van der Waals surface area contributed by atoms with Gasteiger partial charge in [-0.15, -0.1) is 0 Å². The van der Waals surface area contributed by atoms with E-state index in [4.69, 9.17) is 4.42 Å². The molecule has 7 nitrogen and oxygen atoms in total. The number of amides is 1. The Morgan fingerprint density at radius 2 is 2.03 bits per heavy atom. The van der Waals surface area contributed by atoms with Crippen molar-refractivity contribution in [2.75, 3.05) is 19.6 Å². The third kappa shape index (κ3) is 3.35. The molecule has 0 radical (unpaired) electrons. The van der Waals surface area contributed by atoms with Crippen molar-refractivity contribution in [3.8, 4) is 11.5 Å². The van der Waals surface area contributed by atoms with Crippen LogP contribution >= 0.6 is 0 Å². The van der Waals surface area contributed by atoms with Crippen LogP contribution in [0.5, 0.6) is 11.5 Å². The summed E-state index contributed by atoms with van der Waals surface area (Å²) in [6, 6.07) is 3.78. The van der Waals surface area contributed by atoms with E-state index in [1.807, 2.05) is 4.90 Å². The molecule has 4 aliphatic rings. The summed E-state index contributed by atoms with van der Waals surface area (Å²) in [6.07, 6.45) is 9.53. The van der Waals surface area contributed by atoms with Crippen LogP contribution in [0.25, 0.3) is 11.0 Å². The SMILES string of the molecule is Cc1c(CC(=O)N2CCCC3=CC4C[C@@H](CN5CCCC[C@H]45)[C@@H]32)c(=O)oc2c(O)c(O)ccc12. The highest BCUT2D eigenvalue weighted by Gasteiger charge is 2.46. The van der Waals surface area contributed by atoms with Crippen molar-refractivity contribution in [2.45, 2.75) is 64.0 Å². The third-order valence-electron chi connectivity index (χ3n) is 8.71. The van der Waals surface area contributed by atoms with Crippen molar-refractivity contribution in [1.82, 2.24) is 9.80 Å². The number of likely N-dealkylation sites (tertiary alicyclic amines) is 1. The fourth-order valence-corrected chi connectivity index (χ4v) is 7.14. The molecule has 3 fully saturated rings. The van der Waals surface area contributed by atoms with Gasteiger partial charge in [-0.1, -0.05) is 18.1 Å². The molecule has 1 amide bonds. The van der Waals surface area contributed by atoms with Gasteiger partial charge in [-0.3, -0.25) is 9.69 Å². The number of nitrogens with zero attached hydrogens (tertiary/aromatic N) is 2. The van der Waals surface area contributed by atoms with E-state index in [0.29, 0.717) is 34.4 Å². The molecule has 2 aromatic rings. The fraction of sp³-hybridized carbons (Fsp3) is 0.556. The van der Waals surface area contributed by atoms with Crippen LogP contribution in [0.1, 0.15) is 49.7 Å². The minimum atomic E-state index is -0.635. The summed E-state index contributed by atoms with van der Waals surface area (Å²) >= 11 is 0. The lowest BCUT2D eigenvalue weighted by Gasteiger charge is -2.54. The standard InChI is InChI=1S/C27H32N2O5/c1-15-19-7-8-22(30)25(32)26(19)34-27(33)20(15)13-23(31)29-10-4-5-16-11-17-12-18(24(16)29)14-28-9-3-2-6-21(17)28/h7-8,11,17-18,21,24,30,32H,2-6,9-10,12-14H2,1H3/t17?,18-,21+,24+/m0/s1. The average Bonchev–Trinajstić information content (AvgIpc) is 2.84. The molecule has 1 aromatic heterocycles. The Hall–Kier alpha value is -2.80. The molecule has 1 unspecified atom stereocenters. The number of rotatable bonds is 2. The van der Waals surface area contributed by atoms with Crippen molar-refractivity contribution in [3.05, 3.63) is 45.3 Å². The van der Waals surface area contributed by atoms with Gasteiger partial charge in [0.1, 0.15) is 0 Å². The number of fused-ring (bicyclic) bond motifs is 7. The molecule has 3 aliphatic heterocycles. The van der Waals surface area contributed by atoms with Gasteiger partial charge in [0.05, 0.1) is 18.0 Å². The Kier molecular flexibility index (Phi) is 5.21. The van der Waals surface area contributed by atoms with E-state index >= 15 is 0 Å². The predicted octanol–water partition coefficient (Wildman–Crippen LogP) is 3.48. The highest BCUT2D eigenvalue weighted by molar-refractivity contribution is 5.89. The van der Waals surface area contributed by atoms with Crippen LogP contribution in [0, 0.1) is 18.8 Å². The van der Waals surface area contributed by atoms with E-state index in [2.05, 4.69) is 11.0 Å². The van der Waals surface area contributed by atoms with Crippen molar-refractivity contribution in [3.63, 3.8) is 0 Å². The van der Waals surface area contributed by atoms with Gasteiger partial charge < -0.3 is 19.5 Å². The first-order chi connectivity index (χ1) is 16.4. The highest BCUT2D eigenvalue weighted by atomic mass is 16.4. The second-order valence-electron chi connectivity index (χ2n) is 10.6. The third-order valence-corrected chi connectivity index (χ3v) is 8.71. The van der Waals surface area contributed by atoms with E-state index in [1.54, 1.807) is 13.0 Å². The van der Waals surface area contributed by atoms with Crippen molar-refractivity contribution in [1.29, 1.82) is 0 Å². The summed E-state index contributed by atoms with van der Waals surface area (Å²) in [6.45, 7) is 4.72. The Morgan fingerprint density at radius 1 is 1.18 bits per heavy atom. The normalized spacial score (nSPS) is 28.9. The van der Waals surface area contributed by atoms with Gasteiger partial charge in [0.2, 0.25) is 11.7 Å². The lowest BCUT2D eigenvalue weighted by atomic mass is 9.68. The molecule has 1 aromatic carbocycles. The Labute approximate surface area is 198 Å². The van der Waals surface area contributed by atoms with Gasteiger partial charge in [-0.2, -0.15) is 0 Å². The number of phenols is 2. The van der Waals surface area contributed by atoms with Crippen LogP contribution in [0.4, 0.5) is 0 Å². The van der Waals surface area contributed by atoms with Crippen molar-refractivity contribution < 1.29 is 19.4 Å². The highest BCUT2D eigenvalue weighted by Crippen LogP contribution is 2.45. The minimum absolute atomic E-state index is 0.0159. The number of carbonyl (C=O) groups is 1. The largest absolute Gasteiger partial charge is 0.504 e. The van der Waals surface area contributed by atoms with E-state index in [-0.39, 0.29) is 29.7 Å². The molecule has 4 heterocycles. The van der Waals surface area contributed by atoms with E-state index in [1.165, 1.54) is 37.4 Å². The van der Waals surface area contributed by atoms with Crippen LogP contribution in [0.3, 0.4) is 0 Å². The monoisotopic (exact) mass is 464 g/mol. The molecule has 1 aliphatic carbocycles. The Balaban J connectivity index is 1.31. The molecule has 4 atom stereocenters. The quantitative estimate of drug-likeness (QED) is 0.402. The molecule has 180 valence electrons. The molecule has 2 bridgehead atoms. The molecule has 34 heavy (non-hydrogen) atoms. The maximum Gasteiger partial charge on any atom is 0.340 e. The molecular formula is C27H32N2O5. The molecular weight excluding hydrogens is 432 g/mol. The van der Waals surface area contributed by atoms with Crippen molar-refractivity contribution in [2.24, 2.45) is 11.8 Å². The lowest BCUT2D eigenvalue weighted by Crippen LogP contribution is -2.60. The number of benzene rings is 1. The molecule has 6 rings (SSSR count). The molecule has 2 N–H and O–H groups in total. The van der Waals surface area contributed by atoms with Gasteiger partial charge in [-0.25, -0.2) is 4.79 Å². The summed E-state index contributed by atoms with van der Waals surface area (Å²) in [4.78, 5) is 31.1. The lowest BCUT2D eigenvalue weighted by molar-refractivity contribution is -0.135. The first-order valence-corrected chi connectivity index (χ1v) is 12.6. The van der Waals surface area contributed by atoms with Crippen LogP contribution in [0.15, 0.2) is 33.0 Å². The molecule has 3 saturated heterocycles. The Bertz CT molecular complexity index is 1250. The first kappa shape index (κ1) is 21.7. The maximum atomic E-state index is 13.6. The summed E-state index contributed by atoms with van der Waals surface area (Å²) in [7, 11) is 0. The van der Waals surface area contributed by atoms with Crippen LogP contribution < -0.4 is 5.63 Å². The number of hydrogen-bond acceptors (Lipinski definition) is 6. The van der Waals surface area contributed by atoms with Crippen LogP contribution in [-0.4, -0.2) is 57.6 Å². The number of piperidine rings is 3. The summed E-state index contributed by atoms with van der Waals surface area (Å²) < 4.78 is 5.35. The number of hydrogen-bond donors (Lipinski definition) is 2. The number of aryl methyl sites for hydroxylation is 1. The number of aromatic hydroxyl groups is 2. The maximum absolute atomic E-state index is 13.6. The van der Waals surface area contributed by atoms with Gasteiger partial charge >= 0.3 is 5.63 Å². The summed E-state index contributed by atoms with van der Waals surface area (Å²) in [5.74, 6) is 0.237. The molecule has 0 saturated carbocycles. The summed E-state index contributed by atoms with van der Waals surface area (Å²) in [5, 5.41) is 20.4. The first-order valence-electron chi connectivity index (χ1n) is 12.6. The zero-order chi connectivity index (χ0) is 23.6. The second-order valence-corrected chi connectivity index (χ2v) is 10.6. The fourth-order valence-electron chi connectivity index (χ4n) is 7.14. The zero-order valence-corrected chi connectivity index (χ0v) is 19.6. The second kappa shape index (κ2) is 8.15. The number of phenolic OH excluding ortho intramolecular Hbond substituents is 2. The van der Waals surface area contributed by atoms with E-state index in [0.717, 1.165) is 32.4 Å². The number of carbonyl (C=O) groups excluding carboxylic acids is 1. The smallest absolute Gasteiger partial charge is 0.340 e. The van der Waals surface area contributed by atoms with Crippen LogP contribution in [0.2, 0.25) is 0 Å². The van der Waals surface area contributed by atoms with E-state index in [9.17, 15) is 19.8 Å². The van der Waals surface area contributed by atoms with Crippen LogP contribution in [-0.2, 0) is 11.2 Å². The molecule has 7 heteroatoms. The Morgan fingerprint density at radius 3 is 2.88 bits per heavy atom. The van der Waals surface area contributed by atoms with Gasteiger partial charge in [0, 0.05) is 24.5 Å². The van der Waals surface area contributed by atoms with Gasteiger partial charge in [0.25, 0.3) is 0 Å². The van der Waals surface area contributed by atoms with Crippen molar-refractivity contribution >= 4 is 16.9 Å². The topological polar surface area (TPSA) is 94.2 Å². The van der Waals surface area contributed by atoms with E-state index < -0.39 is 11.4 Å². The summed E-state index contributed by atoms with van der Waals surface area (Å²) in [5.41, 5.74) is 1.68. The minimum Gasteiger partial charge on any atom is -0.504 e. The zero-order valence-electron chi connectivity index (χ0n) is 19.6.